The van der Waals surface area contributed by atoms with E-state index in [9.17, 15) is 13.2 Å². The van der Waals surface area contributed by atoms with Crippen molar-refractivity contribution in [3.05, 3.63) is 33.8 Å². The van der Waals surface area contributed by atoms with Gasteiger partial charge in [-0.2, -0.15) is 0 Å². The van der Waals surface area contributed by atoms with E-state index in [2.05, 4.69) is 15.9 Å². The van der Waals surface area contributed by atoms with Crippen LogP contribution in [0.1, 0.15) is 50.5 Å². The van der Waals surface area contributed by atoms with Crippen molar-refractivity contribution in [2.45, 2.75) is 50.4 Å². The van der Waals surface area contributed by atoms with Gasteiger partial charge in [0, 0.05) is 51.1 Å². The van der Waals surface area contributed by atoms with Gasteiger partial charge in [-0.3, -0.25) is 4.79 Å². The van der Waals surface area contributed by atoms with Crippen molar-refractivity contribution in [3.8, 4) is 0 Å². The molecule has 9 heteroatoms. The molecule has 1 saturated carbocycles. The van der Waals surface area contributed by atoms with E-state index >= 15 is 0 Å². The van der Waals surface area contributed by atoms with Gasteiger partial charge in [0.05, 0.1) is 16.3 Å². The van der Waals surface area contributed by atoms with Crippen LogP contribution in [0.4, 0.5) is 0 Å². The standard InChI is InChI=1S/C26H37Cl2N3O3S/c1-35(33,34)31-11-7-20(8-12-31)21-16-29(17-21)13-10-26(22-4-5-23(27)24(28)14-22)9-6-25(32)30(18-26)15-19-2-3-19/h4-5,14,19-21H,2-3,6-13,15-18H2,1H3. The molecule has 3 heterocycles. The number of carbonyl (C=O) groups excluding carboxylic acids is 1. The number of benzene rings is 1. The predicted molar refractivity (Wildman–Crippen MR) is 140 cm³/mol. The molecule has 1 atom stereocenters. The lowest BCUT2D eigenvalue weighted by atomic mass is 9.71. The fourth-order valence-electron chi connectivity index (χ4n) is 6.37. The summed E-state index contributed by atoms with van der Waals surface area (Å²) in [5.41, 5.74) is 1.11. The second kappa shape index (κ2) is 10.1. The van der Waals surface area contributed by atoms with E-state index in [1.807, 2.05) is 12.1 Å². The molecule has 35 heavy (non-hydrogen) atoms. The number of nitrogens with zero attached hydrogens (tertiary/aromatic N) is 3. The Morgan fingerprint density at radius 2 is 1.74 bits per heavy atom. The molecule has 0 bridgehead atoms. The van der Waals surface area contributed by atoms with Gasteiger partial charge in [0.1, 0.15) is 0 Å². The van der Waals surface area contributed by atoms with Crippen LogP contribution in [0.3, 0.4) is 0 Å². The Balaban J connectivity index is 1.21. The topological polar surface area (TPSA) is 60.9 Å². The van der Waals surface area contributed by atoms with E-state index in [0.717, 1.165) is 58.4 Å². The molecular formula is C26H37Cl2N3O3S. The summed E-state index contributed by atoms with van der Waals surface area (Å²) < 4.78 is 25.2. The van der Waals surface area contributed by atoms with Crippen molar-refractivity contribution >= 4 is 39.1 Å². The largest absolute Gasteiger partial charge is 0.342 e. The van der Waals surface area contributed by atoms with Crippen LogP contribution in [-0.2, 0) is 20.2 Å². The molecular weight excluding hydrogens is 505 g/mol. The molecule has 6 nitrogen and oxygen atoms in total. The second-order valence-electron chi connectivity index (χ2n) is 11.4. The molecule has 4 aliphatic rings. The first-order chi connectivity index (χ1) is 16.6. The van der Waals surface area contributed by atoms with Gasteiger partial charge in [-0.25, -0.2) is 12.7 Å². The van der Waals surface area contributed by atoms with Gasteiger partial charge >= 0.3 is 0 Å². The summed E-state index contributed by atoms with van der Waals surface area (Å²) in [5, 5.41) is 1.15. The highest BCUT2D eigenvalue weighted by Crippen LogP contribution is 2.42. The normalized spacial score (nSPS) is 27.9. The number of rotatable bonds is 8. The van der Waals surface area contributed by atoms with Crippen LogP contribution in [0.25, 0.3) is 0 Å². The first-order valence-corrected chi connectivity index (χ1v) is 15.6. The van der Waals surface area contributed by atoms with Crippen molar-refractivity contribution < 1.29 is 13.2 Å². The maximum Gasteiger partial charge on any atom is 0.222 e. The number of amides is 1. The third kappa shape index (κ3) is 5.85. The van der Waals surface area contributed by atoms with Crippen molar-refractivity contribution in [1.82, 2.24) is 14.1 Å². The molecule has 5 rings (SSSR count). The molecule has 1 unspecified atom stereocenters. The average molecular weight is 543 g/mol. The average Bonchev–Trinajstić information content (AvgIpc) is 3.60. The van der Waals surface area contributed by atoms with Crippen LogP contribution in [0, 0.1) is 17.8 Å². The quantitative estimate of drug-likeness (QED) is 0.493. The van der Waals surface area contributed by atoms with Gasteiger partial charge in [-0.05, 0) is 80.5 Å². The third-order valence-electron chi connectivity index (χ3n) is 8.90. The van der Waals surface area contributed by atoms with Crippen molar-refractivity contribution in [2.75, 3.05) is 52.1 Å². The zero-order chi connectivity index (χ0) is 24.8. The lowest BCUT2D eigenvalue weighted by Crippen LogP contribution is -2.55. The number of sulfonamides is 1. The number of likely N-dealkylation sites (tertiary alicyclic amines) is 2. The second-order valence-corrected chi connectivity index (χ2v) is 14.2. The lowest BCUT2D eigenvalue weighted by Gasteiger charge is -2.48. The summed E-state index contributed by atoms with van der Waals surface area (Å²) in [5.74, 6) is 2.25. The summed E-state index contributed by atoms with van der Waals surface area (Å²) >= 11 is 12.7. The van der Waals surface area contributed by atoms with Gasteiger partial charge < -0.3 is 9.80 Å². The maximum atomic E-state index is 12.7. The van der Waals surface area contributed by atoms with Crippen LogP contribution >= 0.6 is 23.2 Å². The molecule has 0 radical (unpaired) electrons. The number of halogens is 2. The number of hydrogen-bond acceptors (Lipinski definition) is 4. The smallest absolute Gasteiger partial charge is 0.222 e. The van der Waals surface area contributed by atoms with E-state index in [-0.39, 0.29) is 11.3 Å². The van der Waals surface area contributed by atoms with Gasteiger partial charge in [-0.15, -0.1) is 0 Å². The Morgan fingerprint density at radius 3 is 2.37 bits per heavy atom. The third-order valence-corrected chi connectivity index (χ3v) is 10.9. The summed E-state index contributed by atoms with van der Waals surface area (Å²) in [6.45, 7) is 6.15. The summed E-state index contributed by atoms with van der Waals surface area (Å²) in [6.07, 6.45) is 8.17. The lowest BCUT2D eigenvalue weighted by molar-refractivity contribution is -0.136. The highest BCUT2D eigenvalue weighted by molar-refractivity contribution is 7.88. The minimum atomic E-state index is -3.07. The van der Waals surface area contributed by atoms with Crippen molar-refractivity contribution in [1.29, 1.82) is 0 Å². The first-order valence-electron chi connectivity index (χ1n) is 13.0. The number of piperidine rings is 2. The molecule has 1 aliphatic carbocycles. The number of hydrogen-bond donors (Lipinski definition) is 0. The molecule has 0 N–H and O–H groups in total. The highest BCUT2D eigenvalue weighted by atomic mass is 35.5. The highest BCUT2D eigenvalue weighted by Gasteiger charge is 2.43. The monoisotopic (exact) mass is 541 g/mol. The van der Waals surface area contributed by atoms with Gasteiger partial charge in [0.2, 0.25) is 15.9 Å². The summed E-state index contributed by atoms with van der Waals surface area (Å²) in [6, 6.07) is 6.02. The Morgan fingerprint density at radius 1 is 1.03 bits per heavy atom. The summed E-state index contributed by atoms with van der Waals surface area (Å²) in [4.78, 5) is 17.4. The van der Waals surface area contributed by atoms with E-state index in [0.29, 0.717) is 47.3 Å². The molecule has 1 amide bonds. The van der Waals surface area contributed by atoms with Gasteiger partial charge in [0.25, 0.3) is 0 Å². The van der Waals surface area contributed by atoms with Crippen LogP contribution in [0.2, 0.25) is 10.0 Å². The summed E-state index contributed by atoms with van der Waals surface area (Å²) in [7, 11) is -3.07. The van der Waals surface area contributed by atoms with E-state index in [1.165, 1.54) is 24.7 Å². The van der Waals surface area contributed by atoms with Gasteiger partial charge in [-0.1, -0.05) is 29.3 Å². The minimum Gasteiger partial charge on any atom is -0.342 e. The molecule has 1 aromatic carbocycles. The molecule has 0 aromatic heterocycles. The molecule has 1 aromatic rings. The van der Waals surface area contributed by atoms with E-state index in [4.69, 9.17) is 23.2 Å². The molecule has 4 fully saturated rings. The SMILES string of the molecule is CS(=O)(=O)N1CCC(C2CN(CCC3(c4ccc(Cl)c(Cl)c4)CCC(=O)N(CC4CC4)C3)C2)CC1. The van der Waals surface area contributed by atoms with Gasteiger partial charge in [0.15, 0.2) is 0 Å². The zero-order valence-electron chi connectivity index (χ0n) is 20.6. The van der Waals surface area contributed by atoms with E-state index < -0.39 is 10.0 Å². The molecule has 3 aliphatic heterocycles. The molecule has 0 spiro atoms. The first kappa shape index (κ1) is 25.8. The Labute approximate surface area is 220 Å². The maximum absolute atomic E-state index is 12.7. The van der Waals surface area contributed by atoms with Crippen molar-refractivity contribution in [3.63, 3.8) is 0 Å². The molecule has 194 valence electrons. The predicted octanol–water partition coefficient (Wildman–Crippen LogP) is 4.26. The van der Waals surface area contributed by atoms with Crippen LogP contribution in [0.15, 0.2) is 18.2 Å². The Bertz CT molecular complexity index is 1050. The Hall–Kier alpha value is -0.860. The minimum absolute atomic E-state index is 0.0943. The zero-order valence-corrected chi connectivity index (χ0v) is 22.9. The van der Waals surface area contributed by atoms with Crippen LogP contribution in [-0.4, -0.2) is 80.5 Å². The fourth-order valence-corrected chi connectivity index (χ4v) is 7.54. The fraction of sp³-hybridized carbons (Fsp3) is 0.731. The number of carbonyl (C=O) groups is 1. The van der Waals surface area contributed by atoms with Crippen molar-refractivity contribution in [2.24, 2.45) is 17.8 Å². The Kier molecular flexibility index (Phi) is 7.46. The van der Waals surface area contributed by atoms with Crippen LogP contribution in [0.5, 0.6) is 0 Å². The molecule has 3 saturated heterocycles. The van der Waals surface area contributed by atoms with E-state index in [1.54, 1.807) is 4.31 Å². The van der Waals surface area contributed by atoms with Crippen LogP contribution < -0.4 is 0 Å².